The summed E-state index contributed by atoms with van der Waals surface area (Å²) in [6.45, 7) is 6.43. The molecule has 1 aromatic carbocycles. The Kier molecular flexibility index (Phi) is 4.37. The molecule has 0 fully saturated rings. The lowest BCUT2D eigenvalue weighted by Gasteiger charge is -2.14. The van der Waals surface area contributed by atoms with E-state index in [2.05, 4.69) is 50.2 Å². The second-order valence-corrected chi connectivity index (χ2v) is 6.35. The number of aromatic nitrogens is 2. The van der Waals surface area contributed by atoms with Gasteiger partial charge in [-0.15, -0.1) is 0 Å². The van der Waals surface area contributed by atoms with Crippen LogP contribution in [-0.4, -0.2) is 14.7 Å². The molecule has 0 aliphatic carbocycles. The van der Waals surface area contributed by atoms with Crippen LogP contribution in [0.1, 0.15) is 44.7 Å². The van der Waals surface area contributed by atoms with Crippen LogP contribution in [0.2, 0.25) is 0 Å². The molecule has 3 heteroatoms. The maximum Gasteiger partial charge on any atom is 0.199 e. The SMILES string of the molecule is CCCCC(C)n1cc2cc(-c3cccnc3)cc(C)c2c1O. The van der Waals surface area contributed by atoms with Crippen molar-refractivity contribution in [2.75, 3.05) is 0 Å². The normalized spacial score (nSPS) is 12.7. The minimum Gasteiger partial charge on any atom is -0.494 e. The number of hydrogen-bond donors (Lipinski definition) is 1. The average Bonchev–Trinajstić information content (AvgIpc) is 2.91. The van der Waals surface area contributed by atoms with E-state index in [1.54, 1.807) is 6.20 Å². The largest absolute Gasteiger partial charge is 0.494 e. The summed E-state index contributed by atoms with van der Waals surface area (Å²) in [4.78, 5) is 4.20. The highest BCUT2D eigenvalue weighted by atomic mass is 16.3. The Bertz CT molecular complexity index is 805. The van der Waals surface area contributed by atoms with Gasteiger partial charge in [-0.1, -0.05) is 31.9 Å². The van der Waals surface area contributed by atoms with Crippen LogP contribution in [0.25, 0.3) is 21.9 Å². The molecule has 1 N–H and O–H groups in total. The second-order valence-electron chi connectivity index (χ2n) is 6.35. The summed E-state index contributed by atoms with van der Waals surface area (Å²) in [6, 6.07) is 8.59. The minimum absolute atomic E-state index is 0.309. The molecule has 3 nitrogen and oxygen atoms in total. The summed E-state index contributed by atoms with van der Waals surface area (Å²) in [7, 11) is 0. The summed E-state index contributed by atoms with van der Waals surface area (Å²) in [5, 5.41) is 12.7. The van der Waals surface area contributed by atoms with Crippen molar-refractivity contribution < 1.29 is 5.11 Å². The zero-order chi connectivity index (χ0) is 16.4. The van der Waals surface area contributed by atoms with Gasteiger partial charge in [0.1, 0.15) is 0 Å². The van der Waals surface area contributed by atoms with Crippen LogP contribution < -0.4 is 0 Å². The molecule has 0 bridgehead atoms. The lowest BCUT2D eigenvalue weighted by molar-refractivity contribution is 0.381. The fraction of sp³-hybridized carbons (Fsp3) is 0.350. The number of aryl methyl sites for hydroxylation is 1. The average molecular weight is 308 g/mol. The molecule has 120 valence electrons. The highest BCUT2D eigenvalue weighted by Gasteiger charge is 2.16. The summed E-state index contributed by atoms with van der Waals surface area (Å²) in [5.74, 6) is 0.388. The van der Waals surface area contributed by atoms with E-state index in [0.717, 1.165) is 33.9 Å². The zero-order valence-electron chi connectivity index (χ0n) is 14.1. The maximum atomic E-state index is 10.7. The fourth-order valence-corrected chi connectivity index (χ4v) is 3.24. The predicted octanol–water partition coefficient (Wildman–Crippen LogP) is 5.47. The van der Waals surface area contributed by atoms with Gasteiger partial charge in [-0.05, 0) is 43.5 Å². The molecule has 2 aromatic heterocycles. The lowest BCUT2D eigenvalue weighted by Crippen LogP contribution is -2.02. The first-order valence-corrected chi connectivity index (χ1v) is 8.36. The van der Waals surface area contributed by atoms with Crippen molar-refractivity contribution in [3.05, 3.63) is 48.4 Å². The number of fused-ring (bicyclic) bond motifs is 1. The van der Waals surface area contributed by atoms with Crippen molar-refractivity contribution in [3.63, 3.8) is 0 Å². The van der Waals surface area contributed by atoms with Crippen LogP contribution >= 0.6 is 0 Å². The van der Waals surface area contributed by atoms with Crippen LogP contribution in [0.4, 0.5) is 0 Å². The molecule has 0 saturated heterocycles. The van der Waals surface area contributed by atoms with Gasteiger partial charge in [-0.3, -0.25) is 4.98 Å². The molecule has 0 spiro atoms. The monoisotopic (exact) mass is 308 g/mol. The molecule has 3 rings (SSSR count). The van der Waals surface area contributed by atoms with Gasteiger partial charge in [-0.2, -0.15) is 0 Å². The Labute approximate surface area is 137 Å². The number of aromatic hydroxyl groups is 1. The first-order chi connectivity index (χ1) is 11.1. The Hall–Kier alpha value is -2.29. The third-order valence-electron chi connectivity index (χ3n) is 4.56. The molecule has 1 unspecified atom stereocenters. The molecule has 3 aromatic rings. The van der Waals surface area contributed by atoms with E-state index in [0.29, 0.717) is 11.9 Å². The topological polar surface area (TPSA) is 38.0 Å². The molecule has 0 aliphatic rings. The predicted molar refractivity (Wildman–Crippen MR) is 95.8 cm³/mol. The Morgan fingerprint density at radius 2 is 2.09 bits per heavy atom. The van der Waals surface area contributed by atoms with Crippen molar-refractivity contribution in [1.82, 2.24) is 9.55 Å². The molecule has 0 radical (unpaired) electrons. The number of pyridine rings is 1. The van der Waals surface area contributed by atoms with Gasteiger partial charge < -0.3 is 9.67 Å². The highest BCUT2D eigenvalue weighted by Crippen LogP contribution is 2.36. The van der Waals surface area contributed by atoms with Crippen molar-refractivity contribution >= 4 is 10.8 Å². The first-order valence-electron chi connectivity index (χ1n) is 8.36. The van der Waals surface area contributed by atoms with Crippen LogP contribution in [0, 0.1) is 6.92 Å². The van der Waals surface area contributed by atoms with Crippen molar-refractivity contribution in [1.29, 1.82) is 0 Å². The third-order valence-corrected chi connectivity index (χ3v) is 4.56. The van der Waals surface area contributed by atoms with Gasteiger partial charge in [0.05, 0.1) is 0 Å². The van der Waals surface area contributed by atoms with E-state index in [4.69, 9.17) is 0 Å². The molecular formula is C20H24N2O. The van der Waals surface area contributed by atoms with Crippen LogP contribution in [-0.2, 0) is 0 Å². The molecule has 0 amide bonds. The lowest BCUT2D eigenvalue weighted by atomic mass is 10.0. The number of rotatable bonds is 5. The molecule has 23 heavy (non-hydrogen) atoms. The van der Waals surface area contributed by atoms with Crippen molar-refractivity contribution in [2.24, 2.45) is 0 Å². The number of nitrogens with zero attached hydrogens (tertiary/aromatic N) is 2. The molecular weight excluding hydrogens is 284 g/mol. The van der Waals surface area contributed by atoms with Gasteiger partial charge in [0, 0.05) is 41.0 Å². The smallest absolute Gasteiger partial charge is 0.199 e. The summed E-state index contributed by atoms with van der Waals surface area (Å²) >= 11 is 0. The molecule has 0 aliphatic heterocycles. The Morgan fingerprint density at radius 3 is 2.78 bits per heavy atom. The van der Waals surface area contributed by atoms with E-state index < -0.39 is 0 Å². The second kappa shape index (κ2) is 6.45. The number of hydrogen-bond acceptors (Lipinski definition) is 2. The van der Waals surface area contributed by atoms with Crippen molar-refractivity contribution in [2.45, 2.75) is 46.1 Å². The van der Waals surface area contributed by atoms with Gasteiger partial charge in [-0.25, -0.2) is 0 Å². The maximum absolute atomic E-state index is 10.7. The number of unbranched alkanes of at least 4 members (excludes halogenated alkanes) is 1. The summed E-state index contributed by atoms with van der Waals surface area (Å²) in [5.41, 5.74) is 3.34. The Balaban J connectivity index is 2.07. The van der Waals surface area contributed by atoms with E-state index in [-0.39, 0.29) is 0 Å². The third kappa shape index (κ3) is 2.96. The van der Waals surface area contributed by atoms with E-state index in [1.807, 2.05) is 16.8 Å². The van der Waals surface area contributed by atoms with Gasteiger partial charge >= 0.3 is 0 Å². The quantitative estimate of drug-likeness (QED) is 0.679. The number of benzene rings is 1. The summed E-state index contributed by atoms with van der Waals surface area (Å²) in [6.07, 6.45) is 9.18. The van der Waals surface area contributed by atoms with E-state index >= 15 is 0 Å². The summed E-state index contributed by atoms with van der Waals surface area (Å²) < 4.78 is 2.01. The van der Waals surface area contributed by atoms with Crippen LogP contribution in [0.3, 0.4) is 0 Å². The highest BCUT2D eigenvalue weighted by molar-refractivity contribution is 5.94. The van der Waals surface area contributed by atoms with Crippen LogP contribution in [0.15, 0.2) is 42.9 Å². The molecule has 1 atom stereocenters. The molecule has 2 heterocycles. The van der Waals surface area contributed by atoms with Gasteiger partial charge in [0.25, 0.3) is 0 Å². The van der Waals surface area contributed by atoms with Crippen LogP contribution in [0.5, 0.6) is 5.88 Å². The van der Waals surface area contributed by atoms with Gasteiger partial charge in [0.2, 0.25) is 0 Å². The standard InChI is InChI=1S/C20H24N2O/c1-4-5-7-15(3)22-13-18-11-17(16-8-6-9-21-12-16)10-14(2)19(18)20(22)23/h6,8-13,15,23H,4-5,7H2,1-3H3. The van der Waals surface area contributed by atoms with Gasteiger partial charge in [0.15, 0.2) is 5.88 Å². The fourth-order valence-electron chi connectivity index (χ4n) is 3.24. The minimum atomic E-state index is 0.309. The van der Waals surface area contributed by atoms with E-state index in [9.17, 15) is 5.11 Å². The first kappa shape index (κ1) is 15.6. The van der Waals surface area contributed by atoms with Crippen molar-refractivity contribution in [3.8, 4) is 17.0 Å². The van der Waals surface area contributed by atoms with E-state index in [1.165, 1.54) is 12.8 Å². The molecule has 0 saturated carbocycles. The zero-order valence-corrected chi connectivity index (χ0v) is 14.1. The Morgan fingerprint density at radius 1 is 1.26 bits per heavy atom.